The molecule has 4 nitrogen and oxygen atoms in total. The minimum Gasteiger partial charge on any atom is -0.486 e. The topological polar surface area (TPSA) is 50.4 Å². The van der Waals surface area contributed by atoms with Crippen LogP contribution in [0.1, 0.15) is 18.1 Å². The molecule has 1 fully saturated rings. The lowest BCUT2D eigenvalue weighted by Gasteiger charge is -2.13. The first-order valence-electron chi connectivity index (χ1n) is 8.77. The Bertz CT molecular complexity index is 890. The van der Waals surface area contributed by atoms with Crippen LogP contribution >= 0.6 is 35.0 Å². The van der Waals surface area contributed by atoms with Gasteiger partial charge in [-0.25, -0.2) is 0 Å². The number of hydrogen-bond donors (Lipinski definition) is 2. The maximum Gasteiger partial charge on any atom is 0.260 e. The largest absolute Gasteiger partial charge is 0.486 e. The van der Waals surface area contributed by atoms with E-state index in [0.29, 0.717) is 27.3 Å². The van der Waals surface area contributed by atoms with Crippen molar-refractivity contribution in [3.8, 4) is 5.75 Å². The zero-order chi connectivity index (χ0) is 20.1. The van der Waals surface area contributed by atoms with Crippen molar-refractivity contribution >= 4 is 52.6 Å². The van der Waals surface area contributed by atoms with Crippen molar-refractivity contribution in [1.82, 2.24) is 5.32 Å². The number of amides is 1. The van der Waals surface area contributed by atoms with E-state index in [4.69, 9.17) is 27.9 Å². The second-order valence-corrected chi connectivity index (χ2v) is 8.05. The maximum atomic E-state index is 12.3. The first-order chi connectivity index (χ1) is 13.5. The van der Waals surface area contributed by atoms with Crippen LogP contribution in [0.15, 0.2) is 54.0 Å². The summed E-state index contributed by atoms with van der Waals surface area (Å²) in [5.41, 5.74) is 2.70. The average molecular weight is 435 g/mol. The van der Waals surface area contributed by atoms with Gasteiger partial charge < -0.3 is 15.4 Å². The Kier molecular flexibility index (Phi) is 6.94. The van der Waals surface area contributed by atoms with Crippen LogP contribution in [-0.4, -0.2) is 18.0 Å². The van der Waals surface area contributed by atoms with E-state index >= 15 is 0 Å². The first-order valence-corrected chi connectivity index (χ1v) is 10.4. The van der Waals surface area contributed by atoms with E-state index in [9.17, 15) is 4.79 Å². The number of ether oxygens (including phenoxy) is 1. The number of nitrogens with one attached hydrogen (secondary N) is 2. The third kappa shape index (κ3) is 5.04. The molecule has 0 radical (unpaired) electrons. The minimum absolute atomic E-state index is 0.146. The molecule has 1 atom stereocenters. The number of rotatable bonds is 7. The van der Waals surface area contributed by atoms with Gasteiger partial charge >= 0.3 is 0 Å². The quantitative estimate of drug-likeness (QED) is 0.432. The number of hydrogen-bond acceptors (Lipinski definition) is 4. The van der Waals surface area contributed by atoms with Crippen LogP contribution in [0.3, 0.4) is 0 Å². The molecule has 28 heavy (non-hydrogen) atoms. The predicted octanol–water partition coefficient (Wildman–Crippen LogP) is 5.72. The number of thioether (sulfide) groups is 1. The minimum atomic E-state index is -0.243. The number of benzene rings is 2. The van der Waals surface area contributed by atoms with Crippen molar-refractivity contribution in [2.45, 2.75) is 18.8 Å². The summed E-state index contributed by atoms with van der Waals surface area (Å²) in [4.78, 5) is 12.9. The van der Waals surface area contributed by atoms with Gasteiger partial charge in [0.25, 0.3) is 5.91 Å². The highest BCUT2D eigenvalue weighted by molar-refractivity contribution is 8.05. The van der Waals surface area contributed by atoms with Crippen molar-refractivity contribution < 1.29 is 9.53 Å². The summed E-state index contributed by atoms with van der Waals surface area (Å²) in [5.74, 6) is 0.260. The molecule has 0 aliphatic carbocycles. The Morgan fingerprint density at radius 3 is 2.54 bits per heavy atom. The van der Waals surface area contributed by atoms with Crippen molar-refractivity contribution in [3.05, 3.63) is 75.1 Å². The normalized spacial score (nSPS) is 17.5. The van der Waals surface area contributed by atoms with Gasteiger partial charge in [-0.05, 0) is 47.9 Å². The van der Waals surface area contributed by atoms with Crippen LogP contribution in [0.4, 0.5) is 5.69 Å². The molecule has 2 N–H and O–H groups in total. The van der Waals surface area contributed by atoms with E-state index in [0.717, 1.165) is 17.7 Å². The molecule has 0 aromatic heterocycles. The molecule has 1 aliphatic rings. The molecule has 2 aromatic carbocycles. The SMILES string of the molecule is C=CCOc1c(Cl)cc(/C=C2\S[C@@H](Nc3ccc(CC)cc3)NC2=O)cc1Cl. The fourth-order valence-electron chi connectivity index (χ4n) is 2.65. The van der Waals surface area contributed by atoms with Crippen LogP contribution in [0.25, 0.3) is 6.08 Å². The molecular weight excluding hydrogens is 415 g/mol. The Morgan fingerprint density at radius 2 is 1.93 bits per heavy atom. The van der Waals surface area contributed by atoms with Crippen molar-refractivity contribution in [1.29, 1.82) is 0 Å². The maximum absolute atomic E-state index is 12.3. The molecule has 0 bridgehead atoms. The predicted molar refractivity (Wildman–Crippen MR) is 119 cm³/mol. The smallest absolute Gasteiger partial charge is 0.260 e. The molecule has 0 saturated carbocycles. The number of halogens is 2. The highest BCUT2D eigenvalue weighted by Gasteiger charge is 2.27. The van der Waals surface area contributed by atoms with Gasteiger partial charge in [0.1, 0.15) is 6.61 Å². The van der Waals surface area contributed by atoms with E-state index in [-0.39, 0.29) is 11.4 Å². The number of aryl methyl sites for hydroxylation is 1. The summed E-state index contributed by atoms with van der Waals surface area (Å²) in [6.45, 7) is 6.03. The van der Waals surface area contributed by atoms with Crippen LogP contribution in [-0.2, 0) is 11.2 Å². The fraction of sp³-hybridized carbons (Fsp3) is 0.190. The Balaban J connectivity index is 1.72. The highest BCUT2D eigenvalue weighted by Crippen LogP contribution is 2.36. The first kappa shape index (κ1) is 20.6. The molecule has 1 amide bonds. The second-order valence-electron chi connectivity index (χ2n) is 6.09. The third-order valence-corrected chi connectivity index (χ3v) is 5.64. The van der Waals surface area contributed by atoms with Gasteiger partial charge in [0.2, 0.25) is 0 Å². The number of carbonyl (C=O) groups excluding carboxylic acids is 1. The summed E-state index contributed by atoms with van der Waals surface area (Å²) in [7, 11) is 0. The van der Waals surface area contributed by atoms with Gasteiger partial charge in [-0.15, -0.1) is 0 Å². The Labute approximate surface area is 178 Å². The lowest BCUT2D eigenvalue weighted by atomic mass is 10.1. The van der Waals surface area contributed by atoms with Gasteiger partial charge in [0.15, 0.2) is 11.2 Å². The van der Waals surface area contributed by atoms with Crippen LogP contribution < -0.4 is 15.4 Å². The summed E-state index contributed by atoms with van der Waals surface area (Å²) in [6.07, 6.45) is 4.37. The number of carbonyl (C=O) groups is 1. The molecule has 0 spiro atoms. The zero-order valence-corrected chi connectivity index (χ0v) is 17.6. The molecule has 2 aromatic rings. The monoisotopic (exact) mass is 434 g/mol. The number of anilines is 1. The van der Waals surface area contributed by atoms with Crippen molar-refractivity contribution in [3.63, 3.8) is 0 Å². The molecular formula is C21H20Cl2N2O2S. The summed E-state index contributed by atoms with van der Waals surface area (Å²) in [5, 5.41) is 6.98. The summed E-state index contributed by atoms with van der Waals surface area (Å²) < 4.78 is 5.47. The zero-order valence-electron chi connectivity index (χ0n) is 15.3. The van der Waals surface area contributed by atoms with Gasteiger partial charge in [0, 0.05) is 5.69 Å². The van der Waals surface area contributed by atoms with Crippen LogP contribution in [0, 0.1) is 0 Å². The van der Waals surface area contributed by atoms with Crippen molar-refractivity contribution in [2.24, 2.45) is 0 Å². The van der Waals surface area contributed by atoms with Gasteiger partial charge in [-0.2, -0.15) is 0 Å². The van der Waals surface area contributed by atoms with E-state index in [1.807, 2.05) is 12.1 Å². The molecule has 0 unspecified atom stereocenters. The lowest BCUT2D eigenvalue weighted by molar-refractivity contribution is -0.116. The standard InChI is InChI=1S/C21H20Cl2N2O2S/c1-3-9-27-19-16(22)10-14(11-17(19)23)12-18-20(26)25-21(28-18)24-15-7-5-13(4-2)6-8-15/h3,5-8,10-12,21,24H,1,4,9H2,2H3,(H,25,26)/b18-12-/t21-/m0/s1. The summed E-state index contributed by atoms with van der Waals surface area (Å²) in [6, 6.07) is 11.6. The molecule has 146 valence electrons. The van der Waals surface area contributed by atoms with Crippen LogP contribution in [0.2, 0.25) is 10.0 Å². The van der Waals surface area contributed by atoms with Gasteiger partial charge in [-0.3, -0.25) is 4.79 Å². The van der Waals surface area contributed by atoms with Crippen molar-refractivity contribution in [2.75, 3.05) is 11.9 Å². The van der Waals surface area contributed by atoms with Gasteiger partial charge in [-0.1, -0.05) is 66.7 Å². The second kappa shape index (κ2) is 9.41. The lowest BCUT2D eigenvalue weighted by Crippen LogP contribution is -2.30. The Hall–Kier alpha value is -2.08. The molecule has 7 heteroatoms. The molecule has 1 aliphatic heterocycles. The van der Waals surface area contributed by atoms with Crippen LogP contribution in [0.5, 0.6) is 5.75 Å². The van der Waals surface area contributed by atoms with E-state index in [2.05, 4.69) is 36.3 Å². The molecule has 1 saturated heterocycles. The highest BCUT2D eigenvalue weighted by atomic mass is 35.5. The molecule has 1 heterocycles. The summed E-state index contributed by atoms with van der Waals surface area (Å²) >= 11 is 13.9. The third-order valence-electron chi connectivity index (χ3n) is 4.05. The van der Waals surface area contributed by atoms with E-state index in [1.54, 1.807) is 24.3 Å². The van der Waals surface area contributed by atoms with Gasteiger partial charge in [0.05, 0.1) is 15.0 Å². The molecule has 3 rings (SSSR count). The van der Waals surface area contributed by atoms with E-state index < -0.39 is 0 Å². The fourth-order valence-corrected chi connectivity index (χ4v) is 4.25. The average Bonchev–Trinajstić information content (AvgIpc) is 3.00. The van der Waals surface area contributed by atoms with E-state index in [1.165, 1.54) is 17.3 Å². The Morgan fingerprint density at radius 1 is 1.25 bits per heavy atom.